The molecule has 176 valence electrons. The molecular formula is C24H32N6O3. The fourth-order valence-electron chi connectivity index (χ4n) is 4.94. The number of rotatable bonds is 7. The van der Waals surface area contributed by atoms with Crippen LogP contribution in [0.1, 0.15) is 12.8 Å². The Bertz CT molecular complexity index is 1090. The van der Waals surface area contributed by atoms with E-state index >= 15 is 0 Å². The van der Waals surface area contributed by atoms with Gasteiger partial charge in [0.15, 0.2) is 0 Å². The van der Waals surface area contributed by atoms with Crippen LogP contribution in [0.5, 0.6) is 0 Å². The van der Waals surface area contributed by atoms with Gasteiger partial charge in [0.25, 0.3) is 0 Å². The SMILES string of the molecule is COCCOC1CCCN(C(=O)CN2CCN(c3ccnc4cnc5[nH]ccc5c34)CC2)C1. The molecule has 2 aliphatic heterocycles. The summed E-state index contributed by atoms with van der Waals surface area (Å²) in [4.78, 5) is 31.8. The molecule has 0 aromatic carbocycles. The lowest BCUT2D eigenvalue weighted by Gasteiger charge is -2.38. The van der Waals surface area contributed by atoms with Gasteiger partial charge < -0.3 is 24.3 Å². The van der Waals surface area contributed by atoms with Crippen LogP contribution in [-0.4, -0.2) is 103 Å². The Balaban J connectivity index is 1.19. The van der Waals surface area contributed by atoms with Gasteiger partial charge in [-0.1, -0.05) is 0 Å². The summed E-state index contributed by atoms with van der Waals surface area (Å²) in [5, 5.41) is 2.24. The van der Waals surface area contributed by atoms with Crippen molar-refractivity contribution in [2.45, 2.75) is 18.9 Å². The summed E-state index contributed by atoms with van der Waals surface area (Å²) in [6.45, 7) is 6.64. The van der Waals surface area contributed by atoms with Crippen LogP contribution < -0.4 is 4.90 Å². The first kappa shape index (κ1) is 22.1. The second kappa shape index (κ2) is 10.0. The molecule has 5 heterocycles. The number of hydrogen-bond acceptors (Lipinski definition) is 7. The molecule has 0 aliphatic carbocycles. The summed E-state index contributed by atoms with van der Waals surface area (Å²) in [6, 6.07) is 4.16. The standard InChI is InChI=1S/C24H32N6O3/c1-32-13-14-33-18-3-2-8-30(16-18)22(31)17-28-9-11-29(12-10-28)21-5-7-25-20-15-27-24-19(23(20)21)4-6-26-24/h4-7,15,18H,2-3,8-14,16-17H2,1H3,(H,26,27). The number of fused-ring (bicyclic) bond motifs is 3. The zero-order valence-corrected chi connectivity index (χ0v) is 19.2. The Morgan fingerprint density at radius 1 is 1.15 bits per heavy atom. The molecule has 0 bridgehead atoms. The molecule has 3 aromatic heterocycles. The smallest absolute Gasteiger partial charge is 0.236 e. The Kier molecular flexibility index (Phi) is 6.70. The number of ether oxygens (including phenoxy) is 2. The number of nitrogens with zero attached hydrogens (tertiary/aromatic N) is 5. The monoisotopic (exact) mass is 452 g/mol. The van der Waals surface area contributed by atoms with E-state index in [4.69, 9.17) is 9.47 Å². The number of piperidine rings is 1. The Morgan fingerprint density at radius 3 is 2.88 bits per heavy atom. The third kappa shape index (κ3) is 4.80. The van der Waals surface area contributed by atoms with E-state index in [1.807, 2.05) is 23.5 Å². The predicted octanol–water partition coefficient (Wildman–Crippen LogP) is 1.89. The molecule has 9 nitrogen and oxygen atoms in total. The molecule has 2 aliphatic rings. The number of carbonyl (C=O) groups excluding carboxylic acids is 1. The quantitative estimate of drug-likeness (QED) is 0.548. The molecule has 1 N–H and O–H groups in total. The molecule has 3 aromatic rings. The number of likely N-dealkylation sites (tertiary alicyclic amines) is 1. The van der Waals surface area contributed by atoms with Gasteiger partial charge >= 0.3 is 0 Å². The van der Waals surface area contributed by atoms with Crippen LogP contribution in [0.4, 0.5) is 5.69 Å². The maximum absolute atomic E-state index is 13.0. The Hall–Kier alpha value is -2.75. The van der Waals surface area contributed by atoms with Gasteiger partial charge in [-0.25, -0.2) is 4.98 Å². The van der Waals surface area contributed by atoms with Crippen LogP contribution in [0, 0.1) is 0 Å². The molecule has 2 fully saturated rings. The van der Waals surface area contributed by atoms with Gasteiger partial charge in [0.2, 0.25) is 5.91 Å². The summed E-state index contributed by atoms with van der Waals surface area (Å²) in [5.41, 5.74) is 2.97. The van der Waals surface area contributed by atoms with Crippen molar-refractivity contribution in [3.8, 4) is 0 Å². The molecule has 2 saturated heterocycles. The van der Waals surface area contributed by atoms with Crippen LogP contribution in [-0.2, 0) is 14.3 Å². The van der Waals surface area contributed by atoms with Gasteiger partial charge in [0, 0.05) is 75.2 Å². The average Bonchev–Trinajstić information content (AvgIpc) is 3.34. The number of aromatic amines is 1. The minimum Gasteiger partial charge on any atom is -0.382 e. The third-order valence-electron chi connectivity index (χ3n) is 6.71. The number of H-pyrrole nitrogens is 1. The van der Waals surface area contributed by atoms with E-state index in [1.54, 1.807) is 7.11 Å². The largest absolute Gasteiger partial charge is 0.382 e. The fraction of sp³-hybridized carbons (Fsp3) is 0.542. The average molecular weight is 453 g/mol. The molecule has 0 radical (unpaired) electrons. The van der Waals surface area contributed by atoms with Crippen LogP contribution in [0.2, 0.25) is 0 Å². The highest BCUT2D eigenvalue weighted by molar-refractivity contribution is 6.09. The summed E-state index contributed by atoms with van der Waals surface area (Å²) < 4.78 is 10.9. The molecule has 0 saturated carbocycles. The van der Waals surface area contributed by atoms with Gasteiger partial charge in [0.1, 0.15) is 5.65 Å². The van der Waals surface area contributed by atoms with Crippen molar-refractivity contribution in [3.05, 3.63) is 30.7 Å². The summed E-state index contributed by atoms with van der Waals surface area (Å²) >= 11 is 0. The van der Waals surface area contributed by atoms with Crippen molar-refractivity contribution in [3.63, 3.8) is 0 Å². The van der Waals surface area contributed by atoms with Gasteiger partial charge in [0.05, 0.1) is 37.6 Å². The zero-order chi connectivity index (χ0) is 22.6. The van der Waals surface area contributed by atoms with E-state index in [0.29, 0.717) is 26.3 Å². The minimum atomic E-state index is 0.120. The lowest BCUT2D eigenvalue weighted by atomic mass is 10.1. The first-order valence-electron chi connectivity index (χ1n) is 11.8. The Labute approximate surface area is 193 Å². The van der Waals surface area contributed by atoms with E-state index in [0.717, 1.165) is 67.5 Å². The van der Waals surface area contributed by atoms with E-state index in [-0.39, 0.29) is 12.0 Å². The maximum Gasteiger partial charge on any atom is 0.236 e. The predicted molar refractivity (Wildman–Crippen MR) is 127 cm³/mol. The van der Waals surface area contributed by atoms with Crippen molar-refractivity contribution >= 4 is 33.5 Å². The van der Waals surface area contributed by atoms with Gasteiger partial charge in [-0.3, -0.25) is 14.7 Å². The minimum absolute atomic E-state index is 0.120. The van der Waals surface area contributed by atoms with Crippen molar-refractivity contribution < 1.29 is 14.3 Å². The normalized spacial score (nSPS) is 20.1. The molecule has 9 heteroatoms. The van der Waals surface area contributed by atoms with Gasteiger partial charge in [-0.05, 0) is 25.0 Å². The number of pyridine rings is 2. The summed E-state index contributed by atoms with van der Waals surface area (Å²) in [6.07, 6.45) is 7.73. The van der Waals surface area contributed by atoms with Crippen LogP contribution in [0.15, 0.2) is 30.7 Å². The van der Waals surface area contributed by atoms with E-state index in [1.165, 1.54) is 5.69 Å². The number of carbonyl (C=O) groups is 1. The number of anilines is 1. The fourth-order valence-corrected chi connectivity index (χ4v) is 4.94. The Morgan fingerprint density at radius 2 is 2.03 bits per heavy atom. The number of nitrogens with one attached hydrogen (secondary N) is 1. The maximum atomic E-state index is 13.0. The lowest BCUT2D eigenvalue weighted by molar-refractivity contribution is -0.136. The number of hydrogen-bond donors (Lipinski definition) is 1. The molecule has 33 heavy (non-hydrogen) atoms. The van der Waals surface area contributed by atoms with Crippen LogP contribution in [0.3, 0.4) is 0 Å². The molecule has 5 rings (SSSR count). The van der Waals surface area contributed by atoms with Crippen molar-refractivity contribution in [2.24, 2.45) is 0 Å². The van der Waals surface area contributed by atoms with Crippen molar-refractivity contribution in [1.29, 1.82) is 0 Å². The van der Waals surface area contributed by atoms with E-state index < -0.39 is 0 Å². The highest BCUT2D eigenvalue weighted by Crippen LogP contribution is 2.31. The topological polar surface area (TPSA) is 86.8 Å². The first-order valence-corrected chi connectivity index (χ1v) is 11.8. The number of amides is 1. The highest BCUT2D eigenvalue weighted by atomic mass is 16.5. The summed E-state index contributed by atoms with van der Waals surface area (Å²) in [7, 11) is 1.68. The molecular weight excluding hydrogens is 420 g/mol. The van der Waals surface area contributed by atoms with Crippen molar-refractivity contribution in [2.75, 3.05) is 71.0 Å². The van der Waals surface area contributed by atoms with E-state index in [2.05, 4.69) is 36.9 Å². The molecule has 0 spiro atoms. The molecule has 1 unspecified atom stereocenters. The number of aromatic nitrogens is 3. The molecule has 1 atom stereocenters. The highest BCUT2D eigenvalue weighted by Gasteiger charge is 2.27. The first-order chi connectivity index (χ1) is 16.2. The zero-order valence-electron chi connectivity index (χ0n) is 19.2. The second-order valence-corrected chi connectivity index (χ2v) is 8.82. The van der Waals surface area contributed by atoms with Gasteiger partial charge in [-0.2, -0.15) is 0 Å². The number of methoxy groups -OCH3 is 1. The van der Waals surface area contributed by atoms with Crippen LogP contribution >= 0.6 is 0 Å². The second-order valence-electron chi connectivity index (χ2n) is 8.82. The number of piperazine rings is 1. The summed E-state index contributed by atoms with van der Waals surface area (Å²) in [5.74, 6) is 0.206. The van der Waals surface area contributed by atoms with Gasteiger partial charge in [-0.15, -0.1) is 0 Å². The van der Waals surface area contributed by atoms with Crippen molar-refractivity contribution in [1.82, 2.24) is 24.8 Å². The van der Waals surface area contributed by atoms with E-state index in [9.17, 15) is 4.79 Å². The molecule has 1 amide bonds. The lowest BCUT2D eigenvalue weighted by Crippen LogP contribution is -2.52. The third-order valence-corrected chi connectivity index (χ3v) is 6.71. The van der Waals surface area contributed by atoms with Crippen LogP contribution in [0.25, 0.3) is 21.9 Å².